The Labute approximate surface area is 135 Å². The van der Waals surface area contributed by atoms with E-state index in [4.69, 9.17) is 0 Å². The third-order valence-electron chi connectivity index (χ3n) is 4.51. The van der Waals surface area contributed by atoms with Gasteiger partial charge in [0.1, 0.15) is 0 Å². The Balaban J connectivity index is 1.74. The molecule has 1 heterocycles. The highest BCUT2D eigenvalue weighted by molar-refractivity contribution is 9.10. The minimum absolute atomic E-state index is 0.804. The lowest BCUT2D eigenvalue weighted by Gasteiger charge is -2.25. The Bertz CT molecular complexity index is 462. The normalized spacial score (nSPS) is 21.4. The van der Waals surface area contributed by atoms with Gasteiger partial charge in [-0.25, -0.2) is 0 Å². The molecule has 2 saturated carbocycles. The van der Waals surface area contributed by atoms with Crippen LogP contribution in [0.25, 0.3) is 6.08 Å². The van der Waals surface area contributed by atoms with Gasteiger partial charge in [-0.1, -0.05) is 24.8 Å². The summed E-state index contributed by atoms with van der Waals surface area (Å²) in [5.74, 6) is 0.816. The summed E-state index contributed by atoms with van der Waals surface area (Å²) >= 11 is 5.55. The van der Waals surface area contributed by atoms with E-state index < -0.39 is 0 Å². The summed E-state index contributed by atoms with van der Waals surface area (Å²) < 4.78 is 1.26. The maximum Gasteiger partial charge on any atom is 0.0317 e. The molecule has 1 N–H and O–H groups in total. The second-order valence-corrected chi connectivity index (χ2v) is 8.40. The standard InChI is InChI=1S/C17H24BrNS/c1-12-17(18)10-16(20-12)9-14(11-19-15-7-8-15)13-5-3-2-4-6-13/h9-10,13,15,19H,2-8,11H2,1H3/b14-9-. The summed E-state index contributed by atoms with van der Waals surface area (Å²) in [6.45, 7) is 3.29. The van der Waals surface area contributed by atoms with Gasteiger partial charge in [0.2, 0.25) is 0 Å². The van der Waals surface area contributed by atoms with Crippen LogP contribution in [0.15, 0.2) is 16.1 Å². The Morgan fingerprint density at radius 3 is 2.65 bits per heavy atom. The molecule has 0 bridgehead atoms. The zero-order valence-electron chi connectivity index (χ0n) is 12.3. The van der Waals surface area contributed by atoms with Gasteiger partial charge in [-0.05, 0) is 66.6 Å². The first-order chi connectivity index (χ1) is 9.72. The van der Waals surface area contributed by atoms with Crippen LogP contribution in [0, 0.1) is 12.8 Å². The van der Waals surface area contributed by atoms with E-state index in [0.717, 1.165) is 18.5 Å². The van der Waals surface area contributed by atoms with Crippen LogP contribution in [0.2, 0.25) is 0 Å². The van der Waals surface area contributed by atoms with Crippen LogP contribution in [-0.4, -0.2) is 12.6 Å². The van der Waals surface area contributed by atoms with E-state index in [9.17, 15) is 0 Å². The predicted octanol–water partition coefficient (Wildman–Crippen LogP) is 5.53. The van der Waals surface area contributed by atoms with Gasteiger partial charge in [0.15, 0.2) is 0 Å². The van der Waals surface area contributed by atoms with Gasteiger partial charge in [-0.15, -0.1) is 11.3 Å². The molecule has 0 saturated heterocycles. The average molecular weight is 354 g/mol. The van der Waals surface area contributed by atoms with E-state index >= 15 is 0 Å². The molecule has 1 aromatic rings. The molecular formula is C17H24BrNS. The Morgan fingerprint density at radius 2 is 2.05 bits per heavy atom. The van der Waals surface area contributed by atoms with E-state index in [0.29, 0.717) is 0 Å². The molecule has 0 spiro atoms. The number of halogens is 1. The molecule has 20 heavy (non-hydrogen) atoms. The molecule has 2 aliphatic rings. The van der Waals surface area contributed by atoms with Crippen molar-refractivity contribution in [3.05, 3.63) is 25.9 Å². The van der Waals surface area contributed by atoms with Crippen LogP contribution in [-0.2, 0) is 0 Å². The summed E-state index contributed by atoms with van der Waals surface area (Å²) in [6, 6.07) is 3.08. The fourth-order valence-corrected chi connectivity index (χ4v) is 4.61. The highest BCUT2D eigenvalue weighted by Gasteiger charge is 2.23. The van der Waals surface area contributed by atoms with Crippen molar-refractivity contribution in [3.63, 3.8) is 0 Å². The number of aryl methyl sites for hydroxylation is 1. The summed E-state index contributed by atoms with van der Waals surface area (Å²) in [5.41, 5.74) is 1.64. The number of nitrogens with one attached hydrogen (secondary N) is 1. The fraction of sp³-hybridized carbons (Fsp3) is 0.647. The van der Waals surface area contributed by atoms with Crippen molar-refractivity contribution in [3.8, 4) is 0 Å². The Morgan fingerprint density at radius 1 is 1.30 bits per heavy atom. The van der Waals surface area contributed by atoms with E-state index in [2.05, 4.69) is 40.3 Å². The minimum atomic E-state index is 0.804. The second kappa shape index (κ2) is 6.76. The summed E-state index contributed by atoms with van der Waals surface area (Å²) in [7, 11) is 0. The topological polar surface area (TPSA) is 12.0 Å². The second-order valence-electron chi connectivity index (χ2n) is 6.26. The Hall–Kier alpha value is -0.120. The molecule has 0 radical (unpaired) electrons. The van der Waals surface area contributed by atoms with Crippen molar-refractivity contribution in [2.45, 2.75) is 57.9 Å². The Kier molecular flexibility index (Phi) is 5.00. The first-order valence-electron chi connectivity index (χ1n) is 7.92. The van der Waals surface area contributed by atoms with Crippen LogP contribution >= 0.6 is 27.3 Å². The molecule has 0 aliphatic heterocycles. The molecule has 2 aliphatic carbocycles. The smallest absolute Gasteiger partial charge is 0.0317 e. The van der Waals surface area contributed by atoms with Crippen molar-refractivity contribution in [2.24, 2.45) is 5.92 Å². The van der Waals surface area contributed by atoms with Crippen LogP contribution in [0.3, 0.4) is 0 Å². The minimum Gasteiger partial charge on any atom is -0.310 e. The molecule has 0 aromatic carbocycles. The van der Waals surface area contributed by atoms with Gasteiger partial charge < -0.3 is 5.32 Å². The van der Waals surface area contributed by atoms with Gasteiger partial charge in [-0.2, -0.15) is 0 Å². The number of hydrogen-bond acceptors (Lipinski definition) is 2. The first-order valence-corrected chi connectivity index (χ1v) is 9.53. The third-order valence-corrected chi connectivity index (χ3v) is 6.59. The third kappa shape index (κ3) is 3.96. The molecule has 0 atom stereocenters. The van der Waals surface area contributed by atoms with E-state index in [1.54, 1.807) is 5.57 Å². The molecule has 3 heteroatoms. The van der Waals surface area contributed by atoms with E-state index in [-0.39, 0.29) is 0 Å². The number of rotatable bonds is 5. The maximum atomic E-state index is 3.72. The molecule has 0 unspecified atom stereocenters. The predicted molar refractivity (Wildman–Crippen MR) is 92.3 cm³/mol. The van der Waals surface area contributed by atoms with Crippen molar-refractivity contribution < 1.29 is 0 Å². The lowest BCUT2D eigenvalue weighted by Crippen LogP contribution is -2.23. The molecule has 2 fully saturated rings. The molecule has 1 aromatic heterocycles. The lowest BCUT2D eigenvalue weighted by molar-refractivity contribution is 0.396. The summed E-state index contributed by atoms with van der Waals surface area (Å²) in [4.78, 5) is 2.79. The summed E-state index contributed by atoms with van der Waals surface area (Å²) in [5, 5.41) is 3.72. The van der Waals surface area contributed by atoms with Crippen molar-refractivity contribution >= 4 is 33.3 Å². The van der Waals surface area contributed by atoms with E-state index in [1.165, 1.54) is 59.2 Å². The quantitative estimate of drug-likeness (QED) is 0.733. The van der Waals surface area contributed by atoms with Crippen molar-refractivity contribution in [1.82, 2.24) is 5.32 Å². The monoisotopic (exact) mass is 353 g/mol. The molecule has 3 rings (SSSR count). The van der Waals surface area contributed by atoms with Crippen molar-refractivity contribution in [2.75, 3.05) is 6.54 Å². The van der Waals surface area contributed by atoms with Gasteiger partial charge in [-0.3, -0.25) is 0 Å². The van der Waals surface area contributed by atoms with Gasteiger partial charge in [0.05, 0.1) is 0 Å². The highest BCUT2D eigenvalue weighted by Crippen LogP contribution is 2.34. The number of thiophene rings is 1. The van der Waals surface area contributed by atoms with Gasteiger partial charge in [0.25, 0.3) is 0 Å². The van der Waals surface area contributed by atoms with Crippen LogP contribution in [0.1, 0.15) is 54.7 Å². The maximum absolute atomic E-state index is 3.72. The van der Waals surface area contributed by atoms with Gasteiger partial charge in [0, 0.05) is 26.8 Å². The molecular weight excluding hydrogens is 330 g/mol. The van der Waals surface area contributed by atoms with Gasteiger partial charge >= 0.3 is 0 Å². The summed E-state index contributed by atoms with van der Waals surface area (Å²) in [6.07, 6.45) is 12.3. The fourth-order valence-electron chi connectivity index (χ4n) is 3.07. The number of hydrogen-bond donors (Lipinski definition) is 1. The molecule has 0 amide bonds. The zero-order chi connectivity index (χ0) is 13.9. The molecule has 110 valence electrons. The molecule has 1 nitrogen and oxygen atoms in total. The largest absolute Gasteiger partial charge is 0.310 e. The SMILES string of the molecule is Cc1sc(/C=C(/CNC2CC2)C2CCCCC2)cc1Br. The van der Waals surface area contributed by atoms with Crippen LogP contribution < -0.4 is 5.32 Å². The van der Waals surface area contributed by atoms with E-state index in [1.807, 2.05) is 11.3 Å². The lowest BCUT2D eigenvalue weighted by atomic mass is 9.83. The highest BCUT2D eigenvalue weighted by atomic mass is 79.9. The van der Waals surface area contributed by atoms with Crippen LogP contribution in [0.5, 0.6) is 0 Å². The van der Waals surface area contributed by atoms with Crippen LogP contribution in [0.4, 0.5) is 0 Å². The average Bonchev–Trinajstić information content (AvgIpc) is 3.23. The first kappa shape index (κ1) is 14.8. The van der Waals surface area contributed by atoms with Crippen molar-refractivity contribution in [1.29, 1.82) is 0 Å². The zero-order valence-corrected chi connectivity index (χ0v) is 14.7.